The summed E-state index contributed by atoms with van der Waals surface area (Å²) in [5.74, 6) is -0.379. The zero-order valence-corrected chi connectivity index (χ0v) is 21.9. The molecule has 0 aliphatic carbocycles. The Morgan fingerprint density at radius 2 is 1.72 bits per heavy atom. The van der Waals surface area contributed by atoms with Crippen molar-refractivity contribution in [2.24, 2.45) is 0 Å². The van der Waals surface area contributed by atoms with Crippen LogP contribution in [0, 0.1) is 19.7 Å². The third-order valence-corrected chi connectivity index (χ3v) is 7.14. The average Bonchev–Trinajstić information content (AvgIpc) is 2.84. The number of carbonyl (C=O) groups excluding carboxylic acids is 1. The molecule has 0 saturated carbocycles. The Labute approximate surface area is 212 Å². The van der Waals surface area contributed by atoms with Crippen LogP contribution in [0.1, 0.15) is 37.0 Å². The summed E-state index contributed by atoms with van der Waals surface area (Å²) < 4.78 is 49.4. The number of halogens is 1. The Bertz CT molecular complexity index is 1330. The molecule has 0 saturated heterocycles. The number of benzene rings is 3. The summed E-state index contributed by atoms with van der Waals surface area (Å²) in [7, 11) is -2.84. The Morgan fingerprint density at radius 1 is 1.03 bits per heavy atom. The molecular weight excluding hydrogens is 483 g/mol. The van der Waals surface area contributed by atoms with E-state index in [0.717, 1.165) is 47.5 Å². The lowest BCUT2D eigenvalue weighted by atomic mass is 10.1. The molecule has 36 heavy (non-hydrogen) atoms. The SMILES string of the molecule is CC[C@@H](C)N(Cc1ccc(OC)c(OS(=O)(=O)c2ccc(F)cc2)c1)C(=O)Nc1ccc(C)cc1C. The first-order valence-electron chi connectivity index (χ1n) is 11.6. The predicted octanol–water partition coefficient (Wildman–Crippen LogP) is 6.05. The summed E-state index contributed by atoms with van der Waals surface area (Å²) in [6, 6.07) is 14.6. The van der Waals surface area contributed by atoms with Gasteiger partial charge in [-0.1, -0.05) is 30.7 Å². The minimum Gasteiger partial charge on any atom is -0.493 e. The summed E-state index contributed by atoms with van der Waals surface area (Å²) in [4.78, 5) is 14.7. The van der Waals surface area contributed by atoms with Gasteiger partial charge in [0, 0.05) is 18.3 Å². The fourth-order valence-electron chi connectivity index (χ4n) is 3.64. The van der Waals surface area contributed by atoms with Gasteiger partial charge in [-0.05, 0) is 80.8 Å². The number of amides is 2. The second kappa shape index (κ2) is 11.4. The first kappa shape index (κ1) is 27.0. The quantitative estimate of drug-likeness (QED) is 0.351. The molecule has 0 aliphatic heterocycles. The van der Waals surface area contributed by atoms with Crippen molar-refractivity contribution in [2.75, 3.05) is 12.4 Å². The lowest BCUT2D eigenvalue weighted by Crippen LogP contribution is -2.40. The van der Waals surface area contributed by atoms with Crippen LogP contribution in [0.15, 0.2) is 65.6 Å². The highest BCUT2D eigenvalue weighted by Gasteiger charge is 2.23. The Morgan fingerprint density at radius 3 is 2.33 bits per heavy atom. The van der Waals surface area contributed by atoms with Gasteiger partial charge in [0.2, 0.25) is 0 Å². The van der Waals surface area contributed by atoms with E-state index in [1.807, 2.05) is 45.9 Å². The molecule has 0 aliphatic rings. The summed E-state index contributed by atoms with van der Waals surface area (Å²) in [5, 5.41) is 2.98. The van der Waals surface area contributed by atoms with Crippen molar-refractivity contribution < 1.29 is 26.5 Å². The van der Waals surface area contributed by atoms with Crippen LogP contribution in [-0.2, 0) is 16.7 Å². The van der Waals surface area contributed by atoms with Crippen molar-refractivity contribution >= 4 is 21.8 Å². The number of urea groups is 1. The number of nitrogens with one attached hydrogen (secondary N) is 1. The molecule has 1 N–H and O–H groups in total. The second-order valence-electron chi connectivity index (χ2n) is 8.61. The first-order valence-corrected chi connectivity index (χ1v) is 13.0. The summed E-state index contributed by atoms with van der Waals surface area (Å²) >= 11 is 0. The Hall–Kier alpha value is -3.59. The molecule has 9 heteroatoms. The molecule has 0 radical (unpaired) electrons. The molecular formula is C27H31FN2O5S. The number of carbonyl (C=O) groups is 1. The standard InChI is InChI=1S/C27H31FN2O5S/c1-6-20(4)30(27(31)29-24-13-7-18(2)15-19(24)3)17-21-8-14-25(34-5)26(16-21)35-36(32,33)23-11-9-22(28)10-12-23/h7-16,20H,6,17H2,1-5H3,(H,29,31)/t20-/m1/s1. The lowest BCUT2D eigenvalue weighted by Gasteiger charge is -2.29. The number of aryl methyl sites for hydroxylation is 2. The number of anilines is 1. The lowest BCUT2D eigenvalue weighted by molar-refractivity contribution is 0.187. The van der Waals surface area contributed by atoms with E-state index >= 15 is 0 Å². The highest BCUT2D eigenvalue weighted by atomic mass is 32.2. The van der Waals surface area contributed by atoms with E-state index in [9.17, 15) is 17.6 Å². The molecule has 2 amide bonds. The normalized spacial score (nSPS) is 12.1. The first-order chi connectivity index (χ1) is 17.0. The van der Waals surface area contributed by atoms with Crippen molar-refractivity contribution in [1.29, 1.82) is 0 Å². The van der Waals surface area contributed by atoms with Gasteiger partial charge in [0.05, 0.1) is 7.11 Å². The topological polar surface area (TPSA) is 84.9 Å². The number of ether oxygens (including phenoxy) is 1. The Kier molecular flexibility index (Phi) is 8.57. The highest BCUT2D eigenvalue weighted by molar-refractivity contribution is 7.87. The molecule has 0 bridgehead atoms. The van der Waals surface area contributed by atoms with Crippen molar-refractivity contribution in [3.63, 3.8) is 0 Å². The Balaban J connectivity index is 1.87. The van der Waals surface area contributed by atoms with E-state index in [1.54, 1.807) is 17.0 Å². The van der Waals surface area contributed by atoms with Crippen molar-refractivity contribution in [3.8, 4) is 11.5 Å². The average molecular weight is 515 g/mol. The van der Waals surface area contributed by atoms with Gasteiger partial charge in [-0.3, -0.25) is 0 Å². The zero-order chi connectivity index (χ0) is 26.5. The number of hydrogen-bond acceptors (Lipinski definition) is 5. The maximum Gasteiger partial charge on any atom is 0.339 e. The maximum atomic E-state index is 13.2. The monoisotopic (exact) mass is 514 g/mol. The van der Waals surface area contributed by atoms with Crippen LogP contribution in [-0.4, -0.2) is 32.5 Å². The van der Waals surface area contributed by atoms with Gasteiger partial charge in [-0.2, -0.15) is 8.42 Å². The molecule has 3 aromatic carbocycles. The predicted molar refractivity (Wildman–Crippen MR) is 137 cm³/mol. The van der Waals surface area contributed by atoms with E-state index in [2.05, 4.69) is 5.32 Å². The molecule has 0 aromatic heterocycles. The maximum absolute atomic E-state index is 13.2. The third kappa shape index (κ3) is 6.54. The van der Waals surface area contributed by atoms with Gasteiger partial charge >= 0.3 is 16.1 Å². The molecule has 1 atom stereocenters. The van der Waals surface area contributed by atoms with E-state index < -0.39 is 15.9 Å². The van der Waals surface area contributed by atoms with Crippen molar-refractivity contribution in [2.45, 2.75) is 51.6 Å². The van der Waals surface area contributed by atoms with E-state index in [0.29, 0.717) is 5.56 Å². The molecule has 7 nitrogen and oxygen atoms in total. The van der Waals surface area contributed by atoms with Crippen LogP contribution in [0.5, 0.6) is 11.5 Å². The van der Waals surface area contributed by atoms with Gasteiger partial charge in [0.15, 0.2) is 11.5 Å². The van der Waals surface area contributed by atoms with Crippen molar-refractivity contribution in [1.82, 2.24) is 4.90 Å². The van der Waals surface area contributed by atoms with Crippen LogP contribution in [0.3, 0.4) is 0 Å². The van der Waals surface area contributed by atoms with Crippen LogP contribution in [0.4, 0.5) is 14.9 Å². The second-order valence-corrected chi connectivity index (χ2v) is 10.2. The molecule has 0 fully saturated rings. The van der Waals surface area contributed by atoms with Crippen molar-refractivity contribution in [3.05, 3.63) is 83.2 Å². The number of hydrogen-bond donors (Lipinski definition) is 1. The number of methoxy groups -OCH3 is 1. The molecule has 0 unspecified atom stereocenters. The largest absolute Gasteiger partial charge is 0.493 e. The molecule has 0 spiro atoms. The molecule has 0 heterocycles. The minimum absolute atomic E-state index is 0.0294. The van der Waals surface area contributed by atoms with Gasteiger partial charge < -0.3 is 19.1 Å². The number of rotatable bonds is 9. The van der Waals surface area contributed by atoms with E-state index in [4.69, 9.17) is 8.92 Å². The summed E-state index contributed by atoms with van der Waals surface area (Å²) in [6.45, 7) is 8.07. The smallest absolute Gasteiger partial charge is 0.339 e. The zero-order valence-electron chi connectivity index (χ0n) is 21.0. The minimum atomic E-state index is -4.23. The molecule has 3 rings (SSSR count). The van der Waals surface area contributed by atoms with Gasteiger partial charge in [-0.25, -0.2) is 9.18 Å². The van der Waals surface area contributed by atoms with Crippen LogP contribution >= 0.6 is 0 Å². The van der Waals surface area contributed by atoms with E-state index in [1.165, 1.54) is 13.2 Å². The fraction of sp³-hybridized carbons (Fsp3) is 0.296. The highest BCUT2D eigenvalue weighted by Crippen LogP contribution is 2.32. The fourth-order valence-corrected chi connectivity index (χ4v) is 4.57. The van der Waals surface area contributed by atoms with E-state index in [-0.39, 0.29) is 35.0 Å². The number of nitrogens with zero attached hydrogens (tertiary/aromatic N) is 1. The van der Waals surface area contributed by atoms with Crippen LogP contribution in [0.2, 0.25) is 0 Å². The summed E-state index contributed by atoms with van der Waals surface area (Å²) in [6.07, 6.45) is 0.721. The van der Waals surface area contributed by atoms with Crippen LogP contribution in [0.25, 0.3) is 0 Å². The van der Waals surface area contributed by atoms with Crippen LogP contribution < -0.4 is 14.2 Å². The molecule has 3 aromatic rings. The van der Waals surface area contributed by atoms with Gasteiger partial charge in [0.25, 0.3) is 0 Å². The molecule has 192 valence electrons. The van der Waals surface area contributed by atoms with Gasteiger partial charge in [0.1, 0.15) is 10.7 Å². The van der Waals surface area contributed by atoms with Gasteiger partial charge in [-0.15, -0.1) is 0 Å². The summed E-state index contributed by atoms with van der Waals surface area (Å²) in [5.41, 5.74) is 3.43. The third-order valence-electron chi connectivity index (χ3n) is 5.89.